The topological polar surface area (TPSA) is 68.5 Å². The number of carbonyl (C=O) groups is 1. The van der Waals surface area contributed by atoms with Crippen molar-refractivity contribution in [1.82, 2.24) is 0 Å². The Morgan fingerprint density at radius 3 is 2.72 bits per heavy atom. The SMILES string of the molecule is CCSc1cc(=O)c2cc(C)cc([C@@H](C)Nc3ccc(F)cc3C(=O)OC)c2o1. The van der Waals surface area contributed by atoms with E-state index in [9.17, 15) is 14.0 Å². The van der Waals surface area contributed by atoms with E-state index in [1.54, 1.807) is 6.07 Å². The summed E-state index contributed by atoms with van der Waals surface area (Å²) in [4.78, 5) is 24.6. The van der Waals surface area contributed by atoms with Gasteiger partial charge < -0.3 is 14.5 Å². The maximum absolute atomic E-state index is 13.6. The van der Waals surface area contributed by atoms with E-state index in [0.29, 0.717) is 21.7 Å². The lowest BCUT2D eigenvalue weighted by Gasteiger charge is -2.19. The molecule has 0 unspecified atom stereocenters. The van der Waals surface area contributed by atoms with Gasteiger partial charge in [-0.25, -0.2) is 9.18 Å². The van der Waals surface area contributed by atoms with Crippen molar-refractivity contribution < 1.29 is 18.3 Å². The van der Waals surface area contributed by atoms with E-state index in [4.69, 9.17) is 9.15 Å². The van der Waals surface area contributed by atoms with Gasteiger partial charge in [0, 0.05) is 17.3 Å². The van der Waals surface area contributed by atoms with Gasteiger partial charge in [-0.15, -0.1) is 0 Å². The highest BCUT2D eigenvalue weighted by Gasteiger charge is 2.19. The van der Waals surface area contributed by atoms with Crippen molar-refractivity contribution in [3.05, 3.63) is 69.1 Å². The number of benzene rings is 2. The smallest absolute Gasteiger partial charge is 0.340 e. The highest BCUT2D eigenvalue weighted by atomic mass is 32.2. The van der Waals surface area contributed by atoms with Gasteiger partial charge in [-0.05, 0) is 49.4 Å². The largest absolute Gasteiger partial charge is 0.465 e. The van der Waals surface area contributed by atoms with Gasteiger partial charge >= 0.3 is 5.97 Å². The Hall–Kier alpha value is -2.80. The fourth-order valence-electron chi connectivity index (χ4n) is 3.18. The molecule has 3 aromatic rings. The Morgan fingerprint density at radius 1 is 1.28 bits per heavy atom. The van der Waals surface area contributed by atoms with Crippen LogP contribution in [-0.2, 0) is 4.74 Å². The number of carbonyl (C=O) groups excluding carboxylic acids is 1. The van der Waals surface area contributed by atoms with Crippen LogP contribution in [0.15, 0.2) is 50.7 Å². The number of rotatable bonds is 6. The molecule has 7 heteroatoms. The molecule has 0 aliphatic heterocycles. The van der Waals surface area contributed by atoms with Crippen molar-refractivity contribution in [3.8, 4) is 0 Å². The van der Waals surface area contributed by atoms with Crippen LogP contribution in [0.5, 0.6) is 0 Å². The number of esters is 1. The number of fused-ring (bicyclic) bond motifs is 1. The van der Waals surface area contributed by atoms with Gasteiger partial charge in [0.25, 0.3) is 0 Å². The Morgan fingerprint density at radius 2 is 2.03 bits per heavy atom. The van der Waals surface area contributed by atoms with Crippen LogP contribution in [0.25, 0.3) is 11.0 Å². The first kappa shape index (κ1) is 20.9. The molecule has 0 aliphatic carbocycles. The summed E-state index contributed by atoms with van der Waals surface area (Å²) < 4.78 is 24.4. The minimum Gasteiger partial charge on any atom is -0.465 e. The first-order valence-electron chi connectivity index (χ1n) is 9.19. The molecule has 0 fully saturated rings. The Bertz CT molecular complexity index is 1130. The maximum atomic E-state index is 13.6. The number of anilines is 1. The summed E-state index contributed by atoms with van der Waals surface area (Å²) in [7, 11) is 1.25. The van der Waals surface area contributed by atoms with Crippen molar-refractivity contribution in [3.63, 3.8) is 0 Å². The van der Waals surface area contributed by atoms with Crippen LogP contribution in [0.2, 0.25) is 0 Å². The second-order valence-electron chi connectivity index (χ2n) is 6.64. The Labute approximate surface area is 172 Å². The molecule has 0 radical (unpaired) electrons. The standard InChI is InChI=1S/C22H22FNO4S/c1-5-29-20-11-19(25)17-9-12(2)8-15(21(17)28-20)13(3)24-18-7-6-14(23)10-16(18)22(26)27-4/h6-11,13,24H,5H2,1-4H3/t13-/m1/s1. The summed E-state index contributed by atoms with van der Waals surface area (Å²) in [6.07, 6.45) is 0. The lowest BCUT2D eigenvalue weighted by molar-refractivity contribution is 0.0601. The minimum absolute atomic E-state index is 0.0972. The normalized spacial score (nSPS) is 12.0. The molecule has 3 rings (SSSR count). The first-order chi connectivity index (χ1) is 13.8. The summed E-state index contributed by atoms with van der Waals surface area (Å²) in [5.74, 6) is -0.389. The van der Waals surface area contributed by atoms with Gasteiger partial charge in [0.15, 0.2) is 10.5 Å². The molecule has 1 N–H and O–H groups in total. The number of hydrogen-bond acceptors (Lipinski definition) is 6. The molecule has 152 valence electrons. The first-order valence-corrected chi connectivity index (χ1v) is 10.2. The molecular formula is C22H22FNO4S. The van der Waals surface area contributed by atoms with Gasteiger partial charge in [0.2, 0.25) is 0 Å². The molecule has 0 bridgehead atoms. The van der Waals surface area contributed by atoms with E-state index in [-0.39, 0.29) is 17.0 Å². The fraction of sp³-hybridized carbons (Fsp3) is 0.273. The van der Waals surface area contributed by atoms with Gasteiger partial charge in [0.1, 0.15) is 11.4 Å². The predicted molar refractivity (Wildman–Crippen MR) is 113 cm³/mol. The van der Waals surface area contributed by atoms with E-state index in [1.807, 2.05) is 26.8 Å². The number of nitrogens with one attached hydrogen (secondary N) is 1. The summed E-state index contributed by atoms with van der Waals surface area (Å²) in [5, 5.41) is 4.28. The zero-order chi connectivity index (χ0) is 21.1. The average Bonchev–Trinajstić information content (AvgIpc) is 2.69. The Balaban J connectivity index is 2.09. The van der Waals surface area contributed by atoms with Crippen molar-refractivity contribution >= 4 is 34.4 Å². The number of aryl methyl sites for hydroxylation is 1. The second kappa shape index (κ2) is 8.69. The van der Waals surface area contributed by atoms with Crippen LogP contribution in [0, 0.1) is 12.7 Å². The maximum Gasteiger partial charge on any atom is 0.340 e. The van der Waals surface area contributed by atoms with Gasteiger partial charge in [0.05, 0.1) is 24.1 Å². The average molecular weight is 415 g/mol. The van der Waals surface area contributed by atoms with E-state index in [2.05, 4.69) is 5.32 Å². The van der Waals surface area contributed by atoms with Crippen LogP contribution in [0.4, 0.5) is 10.1 Å². The molecule has 0 spiro atoms. The molecule has 2 aromatic carbocycles. The highest BCUT2D eigenvalue weighted by Crippen LogP contribution is 2.31. The number of halogens is 1. The van der Waals surface area contributed by atoms with Crippen molar-refractivity contribution in [2.24, 2.45) is 0 Å². The summed E-state index contributed by atoms with van der Waals surface area (Å²) in [6, 6.07) is 8.81. The molecular weight excluding hydrogens is 393 g/mol. The summed E-state index contributed by atoms with van der Waals surface area (Å²) in [5.41, 5.74) is 2.62. The monoisotopic (exact) mass is 415 g/mol. The van der Waals surface area contributed by atoms with Gasteiger partial charge in [-0.1, -0.05) is 24.8 Å². The van der Waals surface area contributed by atoms with E-state index in [0.717, 1.165) is 22.9 Å². The number of hydrogen-bond donors (Lipinski definition) is 1. The lowest BCUT2D eigenvalue weighted by atomic mass is 10.0. The van der Waals surface area contributed by atoms with E-state index < -0.39 is 11.8 Å². The highest BCUT2D eigenvalue weighted by molar-refractivity contribution is 7.99. The Kier molecular flexibility index (Phi) is 6.27. The molecule has 0 saturated carbocycles. The molecule has 1 atom stereocenters. The molecule has 0 amide bonds. The zero-order valence-corrected chi connectivity index (χ0v) is 17.5. The van der Waals surface area contributed by atoms with Crippen molar-refractivity contribution in [2.45, 2.75) is 31.9 Å². The second-order valence-corrected chi connectivity index (χ2v) is 7.91. The molecule has 1 aromatic heterocycles. The summed E-state index contributed by atoms with van der Waals surface area (Å²) >= 11 is 1.45. The van der Waals surface area contributed by atoms with Crippen LogP contribution in [-0.4, -0.2) is 18.8 Å². The molecule has 0 aliphatic rings. The van der Waals surface area contributed by atoms with Gasteiger partial charge in [-0.2, -0.15) is 0 Å². The van der Waals surface area contributed by atoms with Crippen molar-refractivity contribution in [1.29, 1.82) is 0 Å². The molecule has 1 heterocycles. The zero-order valence-electron chi connectivity index (χ0n) is 16.7. The third-order valence-corrected chi connectivity index (χ3v) is 5.27. The van der Waals surface area contributed by atoms with Crippen LogP contribution >= 0.6 is 11.8 Å². The molecule has 29 heavy (non-hydrogen) atoms. The lowest BCUT2D eigenvalue weighted by Crippen LogP contribution is -2.13. The van der Waals surface area contributed by atoms with Crippen LogP contribution in [0.3, 0.4) is 0 Å². The quantitative estimate of drug-likeness (QED) is 0.435. The van der Waals surface area contributed by atoms with Crippen molar-refractivity contribution in [2.75, 3.05) is 18.2 Å². The molecule has 0 saturated heterocycles. The van der Waals surface area contributed by atoms with E-state index in [1.165, 1.54) is 37.1 Å². The minimum atomic E-state index is -0.638. The molecule has 5 nitrogen and oxygen atoms in total. The fourth-order valence-corrected chi connectivity index (χ4v) is 3.80. The van der Waals surface area contributed by atoms with E-state index >= 15 is 0 Å². The number of methoxy groups -OCH3 is 1. The summed E-state index contributed by atoms with van der Waals surface area (Å²) in [6.45, 7) is 5.78. The van der Waals surface area contributed by atoms with Crippen LogP contribution < -0.4 is 10.7 Å². The van der Waals surface area contributed by atoms with Crippen LogP contribution in [0.1, 0.15) is 41.4 Å². The van der Waals surface area contributed by atoms with Gasteiger partial charge in [-0.3, -0.25) is 4.79 Å². The third-order valence-electron chi connectivity index (χ3n) is 4.49. The number of ether oxygens (including phenoxy) is 1. The number of thioether (sulfide) groups is 1. The predicted octanol–water partition coefficient (Wildman–Crippen LogP) is 5.31. The third kappa shape index (κ3) is 4.45.